The quantitative estimate of drug-likeness (QED) is 0.504. The van der Waals surface area contributed by atoms with Crippen molar-refractivity contribution in [3.8, 4) is 0 Å². The molecule has 0 spiro atoms. The molecule has 0 aliphatic rings. The van der Waals surface area contributed by atoms with Crippen molar-refractivity contribution in [2.24, 2.45) is 0 Å². The zero-order valence-corrected chi connectivity index (χ0v) is 13.6. The summed E-state index contributed by atoms with van der Waals surface area (Å²) >= 11 is -1.92. The van der Waals surface area contributed by atoms with Gasteiger partial charge in [-0.3, -0.25) is 0 Å². The van der Waals surface area contributed by atoms with E-state index in [0.717, 1.165) is 0 Å². The fourth-order valence-electron chi connectivity index (χ4n) is 1.41. The molecule has 0 nitrogen and oxygen atoms in total. The van der Waals surface area contributed by atoms with Gasteiger partial charge in [-0.1, -0.05) is 34.6 Å². The van der Waals surface area contributed by atoms with Crippen molar-refractivity contribution in [2.75, 3.05) is 0 Å². The molecule has 0 fully saturated rings. The van der Waals surface area contributed by atoms with Gasteiger partial charge in [0.05, 0.1) is 0 Å². The molecule has 0 amide bonds. The van der Waals surface area contributed by atoms with Crippen LogP contribution in [0.3, 0.4) is 0 Å². The fraction of sp³-hybridized carbons (Fsp3) is 0.500. The Kier molecular flexibility index (Phi) is 6.85. The summed E-state index contributed by atoms with van der Waals surface area (Å²) in [7, 11) is 14.9. The van der Waals surface area contributed by atoms with E-state index < -0.39 is 13.5 Å². The monoisotopic (exact) mass is 433 g/mol. The van der Waals surface area contributed by atoms with Crippen LogP contribution in [-0.4, -0.2) is 0 Å². The van der Waals surface area contributed by atoms with Gasteiger partial charge in [0.1, 0.15) is 0 Å². The van der Waals surface area contributed by atoms with Gasteiger partial charge in [-0.25, -0.2) is 0 Å². The first-order valence-electron chi connectivity index (χ1n) is 4.13. The van der Waals surface area contributed by atoms with Crippen molar-refractivity contribution >= 4 is 28.8 Å². The molecule has 0 unspecified atom stereocenters. The molecular formula is C10H15Cl3Ir-. The third kappa shape index (κ3) is 4.16. The molecule has 0 heterocycles. The zero-order chi connectivity index (χ0) is 11.5. The van der Waals surface area contributed by atoms with E-state index in [1.54, 1.807) is 0 Å². The average molecular weight is 434 g/mol. The van der Waals surface area contributed by atoms with Crippen molar-refractivity contribution in [2.45, 2.75) is 34.6 Å². The molecule has 14 heavy (non-hydrogen) atoms. The fourth-order valence-corrected chi connectivity index (χ4v) is 1.41. The van der Waals surface area contributed by atoms with Gasteiger partial charge in [0, 0.05) is 0 Å². The van der Waals surface area contributed by atoms with Crippen molar-refractivity contribution in [1.82, 2.24) is 0 Å². The molecule has 0 bridgehead atoms. The van der Waals surface area contributed by atoms with Crippen LogP contribution >= 0.6 is 28.8 Å². The maximum absolute atomic E-state index is 4.97. The van der Waals surface area contributed by atoms with Crippen LogP contribution in [0.2, 0.25) is 0 Å². The second-order valence-corrected chi connectivity index (χ2v) is 13.6. The minimum absolute atomic E-state index is 1.47. The SMILES string of the molecule is Cc1c(C)c(C)[c-](C)c1C.[Cl][Ir]([Cl])[Cl]. The van der Waals surface area contributed by atoms with E-state index >= 15 is 0 Å². The first-order valence-corrected chi connectivity index (χ1v) is 13.0. The van der Waals surface area contributed by atoms with Crippen LogP contribution in [0.15, 0.2) is 0 Å². The van der Waals surface area contributed by atoms with Gasteiger partial charge in [0.25, 0.3) is 0 Å². The van der Waals surface area contributed by atoms with Gasteiger partial charge in [0.2, 0.25) is 0 Å². The molecule has 1 rings (SSSR count). The van der Waals surface area contributed by atoms with Crippen molar-refractivity contribution in [3.05, 3.63) is 27.8 Å². The first kappa shape index (κ1) is 14.9. The minimum atomic E-state index is -1.92. The van der Waals surface area contributed by atoms with E-state index in [0.29, 0.717) is 0 Å². The number of halogens is 3. The molecular weight excluding hydrogens is 419 g/mol. The number of rotatable bonds is 0. The predicted molar refractivity (Wildman–Crippen MR) is 63.3 cm³/mol. The van der Waals surface area contributed by atoms with E-state index in [1.807, 2.05) is 0 Å². The Morgan fingerprint density at radius 2 is 1.07 bits per heavy atom. The standard InChI is InChI=1S/C10H15.3ClH.Ir/c1-6-7(2)9(4)10(5)8(6)3;;;;/h1-5H3;3*1H;/q-1;;;;+3/p-3. The Morgan fingerprint density at radius 1 is 0.857 bits per heavy atom. The molecule has 0 N–H and O–H groups in total. The molecule has 1 aromatic carbocycles. The van der Waals surface area contributed by atoms with E-state index in [9.17, 15) is 0 Å². The van der Waals surface area contributed by atoms with Gasteiger partial charge in [-0.2, -0.15) is 27.8 Å². The molecule has 4 heteroatoms. The van der Waals surface area contributed by atoms with Crippen LogP contribution < -0.4 is 0 Å². The van der Waals surface area contributed by atoms with Crippen molar-refractivity contribution in [3.63, 3.8) is 0 Å². The molecule has 0 aromatic heterocycles. The molecule has 0 radical (unpaired) electrons. The summed E-state index contributed by atoms with van der Waals surface area (Å²) in [6.45, 7) is 11.0. The third-order valence-electron chi connectivity index (χ3n) is 2.81. The molecule has 86 valence electrons. The molecule has 0 saturated heterocycles. The van der Waals surface area contributed by atoms with E-state index in [-0.39, 0.29) is 0 Å². The Morgan fingerprint density at radius 3 is 1.14 bits per heavy atom. The number of hydrogen-bond donors (Lipinski definition) is 0. The topological polar surface area (TPSA) is 0 Å². The summed E-state index contributed by atoms with van der Waals surface area (Å²) in [6, 6.07) is 0. The summed E-state index contributed by atoms with van der Waals surface area (Å²) in [5.74, 6) is 0. The van der Waals surface area contributed by atoms with Crippen LogP contribution in [0.1, 0.15) is 27.8 Å². The molecule has 0 saturated carbocycles. The van der Waals surface area contributed by atoms with Crippen molar-refractivity contribution in [1.29, 1.82) is 0 Å². The second-order valence-electron chi connectivity index (χ2n) is 3.27. The van der Waals surface area contributed by atoms with Crippen LogP contribution in [0.25, 0.3) is 0 Å². The first-order chi connectivity index (χ1) is 6.29. The maximum atomic E-state index is 4.97. The van der Waals surface area contributed by atoms with Crippen molar-refractivity contribution < 1.29 is 13.5 Å². The van der Waals surface area contributed by atoms with Gasteiger partial charge in [0.15, 0.2) is 0 Å². The summed E-state index contributed by atoms with van der Waals surface area (Å²) < 4.78 is 0. The van der Waals surface area contributed by atoms with Gasteiger partial charge in [-0.15, -0.1) is 0 Å². The molecule has 0 atom stereocenters. The van der Waals surface area contributed by atoms with Crippen LogP contribution in [0.4, 0.5) is 0 Å². The molecule has 1 aromatic rings. The van der Waals surface area contributed by atoms with Crippen LogP contribution in [-0.2, 0) is 13.5 Å². The number of hydrogen-bond acceptors (Lipinski definition) is 0. The summed E-state index contributed by atoms with van der Waals surface area (Å²) in [5.41, 5.74) is 7.34. The Labute approximate surface area is 104 Å². The zero-order valence-electron chi connectivity index (χ0n) is 8.97. The van der Waals surface area contributed by atoms with Crippen LogP contribution in [0.5, 0.6) is 0 Å². The third-order valence-corrected chi connectivity index (χ3v) is 2.81. The summed E-state index contributed by atoms with van der Waals surface area (Å²) in [6.07, 6.45) is 0. The molecule has 0 aliphatic carbocycles. The average Bonchev–Trinajstić information content (AvgIpc) is 2.23. The Hall–Kier alpha value is 0.869. The summed E-state index contributed by atoms with van der Waals surface area (Å²) in [5, 5.41) is 0. The van der Waals surface area contributed by atoms with Gasteiger partial charge < -0.3 is 0 Å². The van der Waals surface area contributed by atoms with Crippen LogP contribution in [0, 0.1) is 34.6 Å². The second kappa shape index (κ2) is 6.45. The van der Waals surface area contributed by atoms with Gasteiger partial charge in [-0.05, 0) is 0 Å². The van der Waals surface area contributed by atoms with Gasteiger partial charge >= 0.3 is 42.2 Å². The Balaban J connectivity index is 0.000000364. The van der Waals surface area contributed by atoms with E-state index in [2.05, 4.69) is 34.6 Å². The normalized spacial score (nSPS) is 10.7. The predicted octanol–water partition coefficient (Wildman–Crippen LogP) is 5.01. The van der Waals surface area contributed by atoms with E-state index in [4.69, 9.17) is 28.8 Å². The van der Waals surface area contributed by atoms with E-state index in [1.165, 1.54) is 27.8 Å². The molecule has 0 aliphatic heterocycles. The summed E-state index contributed by atoms with van der Waals surface area (Å²) in [4.78, 5) is 0. The Bertz CT molecular complexity index is 220.